The summed E-state index contributed by atoms with van der Waals surface area (Å²) in [5.74, 6) is 0. The number of nitrogens with one attached hydrogen (secondary N) is 2. The van der Waals surface area contributed by atoms with E-state index in [1.807, 2.05) is 6.92 Å². The van der Waals surface area contributed by atoms with Crippen molar-refractivity contribution in [3.05, 3.63) is 16.5 Å². The van der Waals surface area contributed by atoms with Crippen LogP contribution in [0, 0.1) is 6.92 Å². The summed E-state index contributed by atoms with van der Waals surface area (Å²) in [6, 6.07) is 1.75. The molecule has 0 aromatic carbocycles. The van der Waals surface area contributed by atoms with E-state index >= 15 is 0 Å². The second-order valence-electron chi connectivity index (χ2n) is 5.04. The van der Waals surface area contributed by atoms with Crippen LogP contribution in [0.4, 0.5) is 0 Å². The van der Waals surface area contributed by atoms with Crippen molar-refractivity contribution < 1.29 is 13.2 Å². The van der Waals surface area contributed by atoms with Crippen molar-refractivity contribution in [2.45, 2.75) is 31.0 Å². The molecule has 1 aliphatic rings. The molecule has 0 saturated carbocycles. The van der Waals surface area contributed by atoms with Gasteiger partial charge in [0.05, 0.1) is 13.2 Å². The molecule has 21 heavy (non-hydrogen) atoms. The van der Waals surface area contributed by atoms with E-state index in [-0.39, 0.29) is 0 Å². The molecule has 1 fully saturated rings. The summed E-state index contributed by atoms with van der Waals surface area (Å²) < 4.78 is 30.4. The molecule has 8 heteroatoms. The van der Waals surface area contributed by atoms with Gasteiger partial charge in [-0.05, 0) is 31.5 Å². The molecule has 0 bridgehead atoms. The minimum atomic E-state index is -3.48. The highest BCUT2D eigenvalue weighted by atomic mass is 32.2. The van der Waals surface area contributed by atoms with Gasteiger partial charge < -0.3 is 10.1 Å². The van der Waals surface area contributed by atoms with Crippen LogP contribution in [0.3, 0.4) is 0 Å². The average molecular weight is 333 g/mol. The van der Waals surface area contributed by atoms with Crippen LogP contribution in [0.5, 0.6) is 0 Å². The lowest BCUT2D eigenvalue weighted by molar-refractivity contribution is 0.0272. The number of ether oxygens (including phenoxy) is 1. The highest BCUT2D eigenvalue weighted by Crippen LogP contribution is 2.26. The fraction of sp³-hybridized carbons (Fsp3) is 0.692. The van der Waals surface area contributed by atoms with Crippen molar-refractivity contribution in [3.8, 4) is 0 Å². The summed E-state index contributed by atoms with van der Waals surface area (Å²) in [4.78, 5) is 3.71. The summed E-state index contributed by atoms with van der Waals surface area (Å²) in [7, 11) is -3.48. The maximum Gasteiger partial charge on any atom is 0.262 e. The molecule has 0 spiro atoms. The van der Waals surface area contributed by atoms with Gasteiger partial charge >= 0.3 is 0 Å². The number of aryl methyl sites for hydroxylation is 1. The minimum absolute atomic E-state index is 0.375. The number of hydrazine groups is 1. The van der Waals surface area contributed by atoms with Crippen LogP contribution in [0.25, 0.3) is 0 Å². The Labute approximate surface area is 130 Å². The number of nitrogens with zero attached hydrogens (tertiary/aromatic N) is 1. The predicted molar refractivity (Wildman–Crippen MR) is 83.8 cm³/mol. The van der Waals surface area contributed by atoms with Crippen molar-refractivity contribution in [1.29, 1.82) is 0 Å². The zero-order valence-electron chi connectivity index (χ0n) is 12.5. The zero-order valence-corrected chi connectivity index (χ0v) is 14.1. The molecular formula is C13H23N3O3S2. The van der Waals surface area contributed by atoms with Crippen LogP contribution < -0.4 is 10.1 Å². The summed E-state index contributed by atoms with van der Waals surface area (Å²) in [6.07, 6.45) is 1.06. The van der Waals surface area contributed by atoms with Crippen molar-refractivity contribution in [3.63, 3.8) is 0 Å². The van der Waals surface area contributed by atoms with Crippen molar-refractivity contribution in [2.75, 3.05) is 32.8 Å². The Balaban J connectivity index is 2.03. The Hall–Kier alpha value is -0.510. The lowest BCUT2D eigenvalue weighted by atomic mass is 10.3. The summed E-state index contributed by atoms with van der Waals surface area (Å²) >= 11 is 1.33. The summed E-state index contributed by atoms with van der Waals surface area (Å²) in [5, 5.41) is 5.00. The average Bonchev–Trinajstić information content (AvgIpc) is 2.82. The molecule has 1 aromatic heterocycles. The fourth-order valence-corrected chi connectivity index (χ4v) is 4.71. The zero-order chi connectivity index (χ0) is 15.3. The molecule has 1 aromatic rings. The van der Waals surface area contributed by atoms with Gasteiger partial charge in [0.1, 0.15) is 4.21 Å². The van der Waals surface area contributed by atoms with E-state index in [2.05, 4.69) is 17.1 Å². The second-order valence-corrected chi connectivity index (χ2v) is 8.07. The van der Waals surface area contributed by atoms with Crippen LogP contribution in [-0.4, -0.2) is 46.3 Å². The van der Waals surface area contributed by atoms with Crippen LogP contribution >= 0.6 is 11.3 Å². The summed E-state index contributed by atoms with van der Waals surface area (Å²) in [6.45, 7) is 7.98. The van der Waals surface area contributed by atoms with Crippen LogP contribution in [0.2, 0.25) is 0 Å². The molecule has 1 aliphatic heterocycles. The second kappa shape index (κ2) is 7.66. The molecule has 0 radical (unpaired) electrons. The van der Waals surface area contributed by atoms with Gasteiger partial charge in [-0.1, -0.05) is 6.92 Å². The molecule has 0 atom stereocenters. The predicted octanol–water partition coefficient (Wildman–Crippen LogP) is 1.08. The first-order valence-electron chi connectivity index (χ1n) is 7.18. The lowest BCUT2D eigenvalue weighted by Gasteiger charge is -2.26. The minimum Gasteiger partial charge on any atom is -0.379 e. The SMILES string of the molecule is CCCNCc1sc(S(=O)(=O)NN2CCOCC2)cc1C. The first-order valence-corrected chi connectivity index (χ1v) is 9.48. The molecule has 1 saturated heterocycles. The smallest absolute Gasteiger partial charge is 0.262 e. The standard InChI is InChI=1S/C13H23N3O3S2/c1-3-4-14-10-12-11(2)9-13(20-12)21(17,18)15-16-5-7-19-8-6-16/h9,14-15H,3-8,10H2,1-2H3. The van der Waals surface area contributed by atoms with E-state index in [4.69, 9.17) is 4.74 Å². The van der Waals surface area contributed by atoms with Gasteiger partial charge in [0, 0.05) is 24.5 Å². The number of rotatable bonds is 7. The van der Waals surface area contributed by atoms with E-state index in [1.165, 1.54) is 11.3 Å². The van der Waals surface area contributed by atoms with Crippen LogP contribution in [0.15, 0.2) is 10.3 Å². The lowest BCUT2D eigenvalue weighted by Crippen LogP contribution is -2.48. The maximum absolute atomic E-state index is 12.4. The van der Waals surface area contributed by atoms with Crippen LogP contribution in [-0.2, 0) is 21.3 Å². The van der Waals surface area contributed by atoms with Crippen LogP contribution in [0.1, 0.15) is 23.8 Å². The molecule has 0 unspecified atom stereocenters. The van der Waals surface area contributed by atoms with E-state index in [1.54, 1.807) is 11.1 Å². The molecule has 0 amide bonds. The highest BCUT2D eigenvalue weighted by Gasteiger charge is 2.22. The summed E-state index contributed by atoms with van der Waals surface area (Å²) in [5.41, 5.74) is 1.02. The molecular weight excluding hydrogens is 310 g/mol. The molecule has 120 valence electrons. The number of hydrogen-bond donors (Lipinski definition) is 2. The van der Waals surface area contributed by atoms with Gasteiger partial charge in [-0.25, -0.2) is 13.4 Å². The Bertz CT molecular complexity index is 551. The maximum atomic E-state index is 12.4. The van der Waals surface area contributed by atoms with Gasteiger partial charge in [-0.15, -0.1) is 16.2 Å². The molecule has 2 rings (SSSR count). The number of thiophene rings is 1. The normalized spacial score (nSPS) is 17.2. The largest absolute Gasteiger partial charge is 0.379 e. The number of sulfonamides is 1. The number of hydrogen-bond acceptors (Lipinski definition) is 6. The van der Waals surface area contributed by atoms with E-state index in [0.29, 0.717) is 30.5 Å². The van der Waals surface area contributed by atoms with E-state index in [9.17, 15) is 8.42 Å². The highest BCUT2D eigenvalue weighted by molar-refractivity contribution is 7.91. The van der Waals surface area contributed by atoms with Gasteiger partial charge in [0.15, 0.2) is 0 Å². The van der Waals surface area contributed by atoms with E-state index in [0.717, 1.165) is 30.0 Å². The van der Waals surface area contributed by atoms with Crippen molar-refractivity contribution in [1.82, 2.24) is 15.2 Å². The molecule has 2 N–H and O–H groups in total. The first-order chi connectivity index (χ1) is 10.0. The van der Waals surface area contributed by atoms with Gasteiger partial charge in [-0.3, -0.25) is 0 Å². The Morgan fingerprint density at radius 2 is 2.10 bits per heavy atom. The van der Waals surface area contributed by atoms with Gasteiger partial charge in [-0.2, -0.15) is 0 Å². The molecule has 2 heterocycles. The Morgan fingerprint density at radius 3 is 2.76 bits per heavy atom. The molecule has 0 aliphatic carbocycles. The Kier molecular flexibility index (Phi) is 6.15. The van der Waals surface area contributed by atoms with Crippen molar-refractivity contribution in [2.24, 2.45) is 0 Å². The Morgan fingerprint density at radius 1 is 1.38 bits per heavy atom. The fourth-order valence-electron chi connectivity index (χ4n) is 2.04. The number of morpholine rings is 1. The van der Waals surface area contributed by atoms with Gasteiger partial charge in [0.25, 0.3) is 10.0 Å². The topological polar surface area (TPSA) is 70.7 Å². The molecule has 6 nitrogen and oxygen atoms in total. The van der Waals surface area contributed by atoms with Gasteiger partial charge in [0.2, 0.25) is 0 Å². The third kappa shape index (κ3) is 4.73. The van der Waals surface area contributed by atoms with E-state index < -0.39 is 10.0 Å². The third-order valence-electron chi connectivity index (χ3n) is 3.24. The van der Waals surface area contributed by atoms with Crippen molar-refractivity contribution >= 4 is 21.4 Å². The first kappa shape index (κ1) is 16.9. The third-order valence-corrected chi connectivity index (χ3v) is 6.32. The monoisotopic (exact) mass is 333 g/mol. The quantitative estimate of drug-likeness (QED) is 0.731.